The molecule has 20 heavy (non-hydrogen) atoms. The molecule has 1 saturated carbocycles. The predicted molar refractivity (Wildman–Crippen MR) is 71.7 cm³/mol. The van der Waals surface area contributed by atoms with Crippen LogP contribution < -0.4 is 0 Å². The van der Waals surface area contributed by atoms with Gasteiger partial charge < -0.3 is 9.64 Å². The van der Waals surface area contributed by atoms with E-state index in [1.165, 1.54) is 0 Å². The zero-order valence-corrected chi connectivity index (χ0v) is 11.2. The molecule has 4 rings (SSSR count). The number of amides is 1. The zero-order chi connectivity index (χ0) is 13.7. The van der Waals surface area contributed by atoms with Crippen LogP contribution in [-0.2, 0) is 14.3 Å². The molecule has 4 heteroatoms. The Morgan fingerprint density at radius 3 is 2.60 bits per heavy atom. The summed E-state index contributed by atoms with van der Waals surface area (Å²) in [5.74, 6) is 0.216. The Morgan fingerprint density at radius 2 is 1.90 bits per heavy atom. The Labute approximate surface area is 117 Å². The number of esters is 1. The minimum absolute atomic E-state index is 0.0994. The normalized spacial score (nSPS) is 33.0. The van der Waals surface area contributed by atoms with Gasteiger partial charge in [-0.05, 0) is 30.7 Å². The average molecular weight is 271 g/mol. The smallest absolute Gasteiger partial charge is 0.332 e. The first kappa shape index (κ1) is 11.9. The summed E-state index contributed by atoms with van der Waals surface area (Å²) in [5, 5.41) is 0. The number of hydrogen-bond acceptors (Lipinski definition) is 3. The third-order valence-corrected chi connectivity index (χ3v) is 4.89. The Hall–Kier alpha value is -1.84. The summed E-state index contributed by atoms with van der Waals surface area (Å²) in [4.78, 5) is 26.6. The van der Waals surface area contributed by atoms with Crippen LogP contribution in [0.25, 0.3) is 0 Å². The second kappa shape index (κ2) is 4.08. The Bertz CT molecular complexity index is 566. The van der Waals surface area contributed by atoms with Crippen molar-refractivity contribution < 1.29 is 14.3 Å². The fourth-order valence-electron chi connectivity index (χ4n) is 3.82. The maximum Gasteiger partial charge on any atom is 0.332 e. The van der Waals surface area contributed by atoms with Crippen LogP contribution in [-0.4, -0.2) is 28.9 Å². The Balaban J connectivity index is 1.79. The van der Waals surface area contributed by atoms with Crippen molar-refractivity contribution in [2.45, 2.75) is 37.3 Å². The number of carbonyl (C=O) groups is 2. The summed E-state index contributed by atoms with van der Waals surface area (Å²) in [6.45, 7) is 0.281. The third-order valence-electron chi connectivity index (χ3n) is 4.89. The van der Waals surface area contributed by atoms with Gasteiger partial charge in [0, 0.05) is 6.42 Å². The molecular formula is C16H17NO3. The molecule has 0 aromatic heterocycles. The van der Waals surface area contributed by atoms with Crippen LogP contribution in [0, 0.1) is 5.92 Å². The first-order chi connectivity index (χ1) is 9.73. The van der Waals surface area contributed by atoms with Gasteiger partial charge in [-0.3, -0.25) is 4.79 Å². The van der Waals surface area contributed by atoms with E-state index < -0.39 is 5.54 Å². The van der Waals surface area contributed by atoms with Crippen molar-refractivity contribution >= 4 is 11.9 Å². The van der Waals surface area contributed by atoms with E-state index in [-0.39, 0.29) is 24.5 Å². The molecule has 0 N–H and O–H groups in total. The van der Waals surface area contributed by atoms with E-state index in [9.17, 15) is 9.59 Å². The molecule has 3 fully saturated rings. The molecule has 0 bridgehead atoms. The number of fused-ring (bicyclic) bond motifs is 1. The molecule has 2 atom stereocenters. The topological polar surface area (TPSA) is 46.6 Å². The van der Waals surface area contributed by atoms with Gasteiger partial charge >= 0.3 is 5.97 Å². The van der Waals surface area contributed by atoms with Crippen LogP contribution in [0.5, 0.6) is 0 Å². The van der Waals surface area contributed by atoms with Crippen LogP contribution in [0.3, 0.4) is 0 Å². The van der Waals surface area contributed by atoms with Gasteiger partial charge in [0.1, 0.15) is 12.1 Å². The maximum atomic E-state index is 12.4. The number of ether oxygens (including phenoxy) is 1. The minimum Gasteiger partial charge on any atom is -0.461 e. The largest absolute Gasteiger partial charge is 0.461 e. The predicted octanol–water partition coefficient (Wildman–Crippen LogP) is 2.06. The van der Waals surface area contributed by atoms with E-state index >= 15 is 0 Å². The second-order valence-electron chi connectivity index (χ2n) is 5.99. The lowest BCUT2D eigenvalue weighted by Crippen LogP contribution is -2.60. The fraction of sp³-hybridized carbons (Fsp3) is 0.500. The quantitative estimate of drug-likeness (QED) is 0.773. The summed E-state index contributed by atoms with van der Waals surface area (Å²) < 4.78 is 5.48. The summed E-state index contributed by atoms with van der Waals surface area (Å²) in [6.07, 6.45) is 3.15. The van der Waals surface area contributed by atoms with Gasteiger partial charge in [-0.15, -0.1) is 0 Å². The molecule has 1 aromatic carbocycles. The van der Waals surface area contributed by atoms with E-state index in [4.69, 9.17) is 4.74 Å². The van der Waals surface area contributed by atoms with Crippen LogP contribution in [0.15, 0.2) is 30.3 Å². The van der Waals surface area contributed by atoms with Gasteiger partial charge in [0.15, 0.2) is 0 Å². The lowest BCUT2D eigenvalue weighted by atomic mass is 9.86. The number of carbonyl (C=O) groups excluding carboxylic acids is 2. The fourth-order valence-corrected chi connectivity index (χ4v) is 3.82. The van der Waals surface area contributed by atoms with E-state index in [1.54, 1.807) is 0 Å². The molecule has 3 aliphatic rings. The highest BCUT2D eigenvalue weighted by molar-refractivity contribution is 5.93. The Morgan fingerprint density at radius 1 is 1.15 bits per heavy atom. The number of morpholine rings is 1. The first-order valence-electron chi connectivity index (χ1n) is 7.28. The standard InChI is InChI=1S/C16H17NO3/c18-14-8-9-16(12-6-7-12)15(19)20-10-13(17(14)16)11-4-2-1-3-5-11/h1-5,12-13H,6-10H2/t13-,16-/m1/s1. The minimum atomic E-state index is -0.671. The first-order valence-corrected chi connectivity index (χ1v) is 7.28. The third kappa shape index (κ3) is 1.48. The summed E-state index contributed by atoms with van der Waals surface area (Å²) >= 11 is 0. The number of hydrogen-bond donors (Lipinski definition) is 0. The number of benzene rings is 1. The van der Waals surface area contributed by atoms with Gasteiger partial charge in [-0.1, -0.05) is 30.3 Å². The summed E-state index contributed by atoms with van der Waals surface area (Å²) in [6, 6.07) is 9.78. The molecule has 1 aliphatic carbocycles. The Kier molecular flexibility index (Phi) is 2.43. The molecule has 0 spiro atoms. The van der Waals surface area contributed by atoms with Crippen LogP contribution in [0.4, 0.5) is 0 Å². The van der Waals surface area contributed by atoms with Crippen molar-refractivity contribution in [3.05, 3.63) is 35.9 Å². The molecule has 2 heterocycles. The van der Waals surface area contributed by atoms with Gasteiger partial charge in [0.05, 0.1) is 6.04 Å². The van der Waals surface area contributed by atoms with Crippen molar-refractivity contribution in [1.29, 1.82) is 0 Å². The molecule has 1 aromatic rings. The molecule has 0 unspecified atom stereocenters. The number of rotatable bonds is 2. The van der Waals surface area contributed by atoms with Crippen molar-refractivity contribution in [2.75, 3.05) is 6.61 Å². The maximum absolute atomic E-state index is 12.4. The second-order valence-corrected chi connectivity index (χ2v) is 5.99. The van der Waals surface area contributed by atoms with E-state index in [0.717, 1.165) is 18.4 Å². The van der Waals surface area contributed by atoms with Crippen molar-refractivity contribution in [2.24, 2.45) is 5.92 Å². The van der Waals surface area contributed by atoms with Crippen molar-refractivity contribution in [1.82, 2.24) is 4.90 Å². The van der Waals surface area contributed by atoms with E-state index in [0.29, 0.717) is 18.8 Å². The molecule has 2 aliphatic heterocycles. The monoisotopic (exact) mass is 271 g/mol. The highest BCUT2D eigenvalue weighted by Gasteiger charge is 2.64. The van der Waals surface area contributed by atoms with Gasteiger partial charge in [-0.25, -0.2) is 4.79 Å². The molecule has 4 nitrogen and oxygen atoms in total. The average Bonchev–Trinajstić information content (AvgIpc) is 3.27. The number of cyclic esters (lactones) is 1. The zero-order valence-electron chi connectivity index (χ0n) is 11.2. The number of nitrogens with zero attached hydrogens (tertiary/aromatic N) is 1. The highest BCUT2D eigenvalue weighted by atomic mass is 16.5. The van der Waals surface area contributed by atoms with E-state index in [1.807, 2.05) is 35.2 Å². The van der Waals surface area contributed by atoms with E-state index in [2.05, 4.69) is 0 Å². The van der Waals surface area contributed by atoms with Gasteiger partial charge in [-0.2, -0.15) is 0 Å². The van der Waals surface area contributed by atoms with Crippen molar-refractivity contribution in [3.8, 4) is 0 Å². The lowest BCUT2D eigenvalue weighted by molar-refractivity contribution is -0.179. The molecular weight excluding hydrogens is 254 g/mol. The summed E-state index contributed by atoms with van der Waals surface area (Å²) in [7, 11) is 0. The molecule has 1 amide bonds. The molecule has 2 saturated heterocycles. The SMILES string of the molecule is O=C1CC[C@@]2(C3CC3)C(=O)OC[C@H](c3ccccc3)N12. The van der Waals surface area contributed by atoms with Gasteiger partial charge in [0.2, 0.25) is 5.91 Å². The highest BCUT2D eigenvalue weighted by Crippen LogP contribution is 2.54. The van der Waals surface area contributed by atoms with Crippen molar-refractivity contribution in [3.63, 3.8) is 0 Å². The lowest BCUT2D eigenvalue weighted by Gasteiger charge is -2.45. The van der Waals surface area contributed by atoms with Crippen LogP contribution in [0.2, 0.25) is 0 Å². The molecule has 104 valence electrons. The van der Waals surface area contributed by atoms with Gasteiger partial charge in [0.25, 0.3) is 0 Å². The molecule has 0 radical (unpaired) electrons. The van der Waals surface area contributed by atoms with Crippen LogP contribution in [0.1, 0.15) is 37.3 Å². The summed E-state index contributed by atoms with van der Waals surface area (Å²) in [5.41, 5.74) is 0.385. The van der Waals surface area contributed by atoms with Crippen LogP contribution >= 0.6 is 0 Å².